The van der Waals surface area contributed by atoms with Gasteiger partial charge in [-0.15, -0.1) is 0 Å². The van der Waals surface area contributed by atoms with Gasteiger partial charge in [0.05, 0.1) is 6.61 Å². The van der Waals surface area contributed by atoms with Gasteiger partial charge in [-0.2, -0.15) is 0 Å². The molecule has 4 heteroatoms. The molecule has 0 spiro atoms. The molecule has 1 aliphatic rings. The molecule has 4 nitrogen and oxygen atoms in total. The number of rotatable bonds is 3. The maximum atomic E-state index is 11.3. The van der Waals surface area contributed by atoms with Gasteiger partial charge in [-0.05, 0) is 6.07 Å². The van der Waals surface area contributed by atoms with E-state index in [0.717, 1.165) is 5.56 Å². The topological polar surface area (TPSA) is 64.8 Å². The first kappa shape index (κ1) is 9.18. The van der Waals surface area contributed by atoms with E-state index in [-0.39, 0.29) is 12.1 Å². The average Bonchev–Trinajstić information content (AvgIpc) is 3.02. The number of hydrogen-bond donors (Lipinski definition) is 1. The zero-order valence-electron chi connectivity index (χ0n) is 7.60. The Labute approximate surface area is 81.6 Å². The molecule has 0 aromatic heterocycles. The van der Waals surface area contributed by atoms with Crippen LogP contribution in [-0.2, 0) is 16.1 Å². The number of carbonyl (C=O) groups excluding carboxylic acids is 1. The van der Waals surface area contributed by atoms with Gasteiger partial charge in [0.25, 0.3) is 0 Å². The molecule has 14 heavy (non-hydrogen) atoms. The van der Waals surface area contributed by atoms with Gasteiger partial charge in [0, 0.05) is 12.1 Å². The molecular weight excluding hydrogens is 182 g/mol. The van der Waals surface area contributed by atoms with Crippen LogP contribution in [0.25, 0.3) is 0 Å². The Morgan fingerprint density at radius 2 is 2.29 bits per heavy atom. The molecule has 1 fully saturated rings. The molecule has 1 saturated heterocycles. The number of carbonyl (C=O) groups is 1. The third-order valence-corrected chi connectivity index (χ3v) is 2.00. The molecule has 0 saturated carbocycles. The van der Waals surface area contributed by atoms with Gasteiger partial charge in [0.1, 0.15) is 5.75 Å². The normalized spacial score (nSPS) is 19.1. The van der Waals surface area contributed by atoms with Crippen LogP contribution in [0.5, 0.6) is 5.75 Å². The standard InChI is InChI=1S/C10H11NO3/c11-5-7-3-1-2-4-8(7)14-10(12)9-6-13-9/h1-4,9H,5-6,11H2. The van der Waals surface area contributed by atoms with Crippen molar-refractivity contribution >= 4 is 5.97 Å². The van der Waals surface area contributed by atoms with Crippen LogP contribution in [0.1, 0.15) is 5.56 Å². The van der Waals surface area contributed by atoms with Crippen molar-refractivity contribution in [1.29, 1.82) is 0 Å². The average molecular weight is 193 g/mol. The highest BCUT2D eigenvalue weighted by atomic mass is 16.6. The molecule has 1 aliphatic heterocycles. The first-order valence-corrected chi connectivity index (χ1v) is 4.42. The molecule has 0 aliphatic carbocycles. The minimum absolute atomic E-state index is 0.342. The van der Waals surface area contributed by atoms with Crippen LogP contribution in [0.4, 0.5) is 0 Å². The van der Waals surface area contributed by atoms with Gasteiger partial charge < -0.3 is 15.2 Å². The third-order valence-electron chi connectivity index (χ3n) is 2.00. The van der Waals surface area contributed by atoms with Crippen molar-refractivity contribution in [3.05, 3.63) is 29.8 Å². The van der Waals surface area contributed by atoms with E-state index in [2.05, 4.69) is 0 Å². The predicted octanol–water partition coefficient (Wildman–Crippen LogP) is 0.449. The molecule has 1 aromatic rings. The third kappa shape index (κ3) is 1.92. The monoisotopic (exact) mass is 193 g/mol. The molecule has 1 unspecified atom stereocenters. The fourth-order valence-electron chi connectivity index (χ4n) is 1.13. The van der Waals surface area contributed by atoms with E-state index in [0.29, 0.717) is 18.9 Å². The van der Waals surface area contributed by atoms with E-state index >= 15 is 0 Å². The second-order valence-corrected chi connectivity index (χ2v) is 3.05. The SMILES string of the molecule is NCc1ccccc1OC(=O)C1CO1. The minimum Gasteiger partial charge on any atom is -0.424 e. The molecule has 1 heterocycles. The number of hydrogen-bond acceptors (Lipinski definition) is 4. The second-order valence-electron chi connectivity index (χ2n) is 3.05. The van der Waals surface area contributed by atoms with Gasteiger partial charge in [0.15, 0.2) is 6.10 Å². The van der Waals surface area contributed by atoms with Crippen molar-refractivity contribution in [1.82, 2.24) is 0 Å². The Balaban J connectivity index is 2.10. The van der Waals surface area contributed by atoms with Crippen LogP contribution in [0.2, 0.25) is 0 Å². The summed E-state index contributed by atoms with van der Waals surface area (Å²) < 4.78 is 9.93. The smallest absolute Gasteiger partial charge is 0.343 e. The number of para-hydroxylation sites is 1. The van der Waals surface area contributed by atoms with Gasteiger partial charge in [-0.3, -0.25) is 0 Å². The lowest BCUT2D eigenvalue weighted by Gasteiger charge is -2.06. The minimum atomic E-state index is -0.374. The summed E-state index contributed by atoms with van der Waals surface area (Å²) in [4.78, 5) is 11.3. The maximum Gasteiger partial charge on any atom is 0.343 e. The fourth-order valence-corrected chi connectivity index (χ4v) is 1.13. The van der Waals surface area contributed by atoms with Crippen molar-refractivity contribution < 1.29 is 14.3 Å². The molecule has 1 atom stereocenters. The molecule has 2 rings (SSSR count). The van der Waals surface area contributed by atoms with Gasteiger partial charge in [-0.25, -0.2) is 4.79 Å². The van der Waals surface area contributed by atoms with E-state index in [1.807, 2.05) is 12.1 Å². The molecule has 2 N–H and O–H groups in total. The summed E-state index contributed by atoms with van der Waals surface area (Å²) in [5.41, 5.74) is 6.32. The largest absolute Gasteiger partial charge is 0.424 e. The summed E-state index contributed by atoms with van der Waals surface area (Å²) in [5, 5.41) is 0. The maximum absolute atomic E-state index is 11.3. The van der Waals surface area contributed by atoms with E-state index in [1.165, 1.54) is 0 Å². The summed E-state index contributed by atoms with van der Waals surface area (Å²) in [6.45, 7) is 0.818. The van der Waals surface area contributed by atoms with Crippen molar-refractivity contribution in [3.63, 3.8) is 0 Å². The highest BCUT2D eigenvalue weighted by Gasteiger charge is 2.33. The summed E-state index contributed by atoms with van der Waals surface area (Å²) in [7, 11) is 0. The summed E-state index contributed by atoms with van der Waals surface area (Å²) in [6.07, 6.45) is -0.374. The Hall–Kier alpha value is -1.39. The zero-order chi connectivity index (χ0) is 9.97. The Bertz CT molecular complexity index is 347. The summed E-state index contributed by atoms with van der Waals surface area (Å²) in [5.74, 6) is 0.182. The van der Waals surface area contributed by atoms with Crippen LogP contribution in [0, 0.1) is 0 Å². The van der Waals surface area contributed by atoms with Gasteiger partial charge in [-0.1, -0.05) is 18.2 Å². The number of esters is 1. The van der Waals surface area contributed by atoms with Crippen LogP contribution in [-0.4, -0.2) is 18.7 Å². The number of epoxide rings is 1. The van der Waals surface area contributed by atoms with E-state index < -0.39 is 0 Å². The van der Waals surface area contributed by atoms with E-state index in [4.69, 9.17) is 15.2 Å². The van der Waals surface area contributed by atoms with Crippen LogP contribution in [0.3, 0.4) is 0 Å². The van der Waals surface area contributed by atoms with Gasteiger partial charge >= 0.3 is 5.97 Å². The predicted molar refractivity (Wildman–Crippen MR) is 49.7 cm³/mol. The summed E-state index contributed by atoms with van der Waals surface area (Å²) >= 11 is 0. The molecule has 74 valence electrons. The second kappa shape index (κ2) is 3.77. The quantitative estimate of drug-likeness (QED) is 0.430. The lowest BCUT2D eigenvalue weighted by Crippen LogP contribution is -2.16. The van der Waals surface area contributed by atoms with Crippen molar-refractivity contribution in [2.45, 2.75) is 12.6 Å². The molecule has 0 bridgehead atoms. The number of benzene rings is 1. The van der Waals surface area contributed by atoms with Crippen LogP contribution < -0.4 is 10.5 Å². The highest BCUT2D eigenvalue weighted by molar-refractivity contribution is 5.79. The van der Waals surface area contributed by atoms with Crippen LogP contribution >= 0.6 is 0 Å². The van der Waals surface area contributed by atoms with Crippen molar-refractivity contribution in [2.75, 3.05) is 6.61 Å². The first-order chi connectivity index (χ1) is 6.81. The fraction of sp³-hybridized carbons (Fsp3) is 0.300. The highest BCUT2D eigenvalue weighted by Crippen LogP contribution is 2.20. The lowest BCUT2D eigenvalue weighted by atomic mass is 10.2. The molecule has 0 radical (unpaired) electrons. The van der Waals surface area contributed by atoms with Gasteiger partial charge in [0.2, 0.25) is 0 Å². The zero-order valence-corrected chi connectivity index (χ0v) is 7.60. The first-order valence-electron chi connectivity index (χ1n) is 4.42. The summed E-state index contributed by atoms with van der Waals surface area (Å²) in [6, 6.07) is 7.21. The lowest BCUT2D eigenvalue weighted by molar-refractivity contribution is -0.135. The Kier molecular flexibility index (Phi) is 2.47. The molecular formula is C10H11NO3. The Morgan fingerprint density at radius 1 is 1.57 bits per heavy atom. The van der Waals surface area contributed by atoms with E-state index in [9.17, 15) is 4.79 Å². The van der Waals surface area contributed by atoms with Crippen molar-refractivity contribution in [3.8, 4) is 5.75 Å². The molecule has 0 amide bonds. The van der Waals surface area contributed by atoms with Crippen molar-refractivity contribution in [2.24, 2.45) is 5.73 Å². The Morgan fingerprint density at radius 3 is 2.93 bits per heavy atom. The van der Waals surface area contributed by atoms with E-state index in [1.54, 1.807) is 12.1 Å². The molecule has 1 aromatic carbocycles. The van der Waals surface area contributed by atoms with Crippen LogP contribution in [0.15, 0.2) is 24.3 Å². The number of ether oxygens (including phenoxy) is 2. The number of nitrogens with two attached hydrogens (primary N) is 1.